The van der Waals surface area contributed by atoms with Crippen molar-refractivity contribution in [1.82, 2.24) is 0 Å². The van der Waals surface area contributed by atoms with Crippen LogP contribution in [0.5, 0.6) is 5.75 Å². The van der Waals surface area contributed by atoms with Crippen LogP contribution in [-0.4, -0.2) is 20.8 Å². The fourth-order valence-electron chi connectivity index (χ4n) is 1.51. The average Bonchev–Trinajstić information content (AvgIpc) is 2.17. The summed E-state index contributed by atoms with van der Waals surface area (Å²) in [6.07, 6.45) is 0.836. The van der Waals surface area contributed by atoms with Gasteiger partial charge < -0.3 is 4.74 Å². The first-order valence-electron chi connectivity index (χ1n) is 4.62. The molecule has 1 aliphatic heterocycles. The number of ether oxygens (including phenoxy) is 1. The summed E-state index contributed by atoms with van der Waals surface area (Å²) < 4.78 is 28.6. The first-order valence-corrected chi connectivity index (χ1v) is 6.27. The third-order valence-corrected chi connectivity index (χ3v) is 4.05. The first-order chi connectivity index (χ1) is 6.63. The van der Waals surface area contributed by atoms with Crippen molar-refractivity contribution in [3.8, 4) is 5.75 Å². The van der Waals surface area contributed by atoms with Gasteiger partial charge in [-0.3, -0.25) is 0 Å². The average molecular weight is 212 g/mol. The van der Waals surface area contributed by atoms with Crippen LogP contribution in [0, 0.1) is 0 Å². The summed E-state index contributed by atoms with van der Waals surface area (Å²) in [5, 5.41) is 0. The van der Waals surface area contributed by atoms with Gasteiger partial charge in [0.05, 0.1) is 5.75 Å². The van der Waals surface area contributed by atoms with E-state index in [0.29, 0.717) is 10.6 Å². The van der Waals surface area contributed by atoms with Crippen molar-refractivity contribution in [1.29, 1.82) is 0 Å². The molecule has 0 unspecified atom stereocenters. The quantitative estimate of drug-likeness (QED) is 0.707. The molecule has 0 spiro atoms. The van der Waals surface area contributed by atoms with Gasteiger partial charge in [-0.1, -0.05) is 13.0 Å². The molecule has 4 heteroatoms. The zero-order valence-corrected chi connectivity index (χ0v) is 8.80. The van der Waals surface area contributed by atoms with Gasteiger partial charge in [-0.25, -0.2) is 8.42 Å². The van der Waals surface area contributed by atoms with E-state index < -0.39 is 9.84 Å². The van der Waals surface area contributed by atoms with Crippen LogP contribution in [0.3, 0.4) is 0 Å². The van der Waals surface area contributed by atoms with Crippen molar-refractivity contribution in [3.63, 3.8) is 0 Å². The lowest BCUT2D eigenvalue weighted by Gasteiger charge is -2.17. The second kappa shape index (κ2) is 3.28. The van der Waals surface area contributed by atoms with E-state index in [1.807, 2.05) is 13.0 Å². The van der Waals surface area contributed by atoms with E-state index in [9.17, 15) is 8.42 Å². The third kappa shape index (κ3) is 1.50. The van der Waals surface area contributed by atoms with Gasteiger partial charge in [0, 0.05) is 0 Å². The lowest BCUT2D eigenvalue weighted by atomic mass is 10.2. The zero-order chi connectivity index (χ0) is 10.2. The number of sulfone groups is 1. The van der Waals surface area contributed by atoms with Crippen LogP contribution in [0.15, 0.2) is 23.1 Å². The van der Waals surface area contributed by atoms with E-state index in [4.69, 9.17) is 4.74 Å². The molecule has 0 aromatic heterocycles. The molecule has 0 saturated heterocycles. The minimum atomic E-state index is -3.10. The Hall–Kier alpha value is -1.03. The molecular formula is C10H12O3S. The molecule has 1 aromatic carbocycles. The molecule has 1 aliphatic rings. The summed E-state index contributed by atoms with van der Waals surface area (Å²) in [6, 6.07) is 5.36. The Bertz CT molecular complexity index is 448. The van der Waals surface area contributed by atoms with Crippen LogP contribution < -0.4 is 4.74 Å². The molecule has 76 valence electrons. The van der Waals surface area contributed by atoms with Gasteiger partial charge in [-0.05, 0) is 24.1 Å². The van der Waals surface area contributed by atoms with E-state index in [-0.39, 0.29) is 12.4 Å². The van der Waals surface area contributed by atoms with Crippen molar-refractivity contribution < 1.29 is 13.2 Å². The zero-order valence-electron chi connectivity index (χ0n) is 7.99. The molecule has 0 aliphatic carbocycles. The molecule has 0 N–H and O–H groups in total. The van der Waals surface area contributed by atoms with Crippen LogP contribution >= 0.6 is 0 Å². The van der Waals surface area contributed by atoms with Crippen molar-refractivity contribution in [2.45, 2.75) is 18.2 Å². The van der Waals surface area contributed by atoms with Gasteiger partial charge >= 0.3 is 0 Å². The minimum absolute atomic E-state index is 0.0904. The second-order valence-electron chi connectivity index (χ2n) is 3.30. The summed E-state index contributed by atoms with van der Waals surface area (Å²) in [4.78, 5) is 0.350. The normalized spacial score (nSPS) is 18.4. The number of hydrogen-bond acceptors (Lipinski definition) is 3. The number of benzene rings is 1. The van der Waals surface area contributed by atoms with Crippen molar-refractivity contribution >= 4 is 9.84 Å². The summed E-state index contributed by atoms with van der Waals surface area (Å²) in [7, 11) is -3.10. The molecule has 1 aromatic rings. The molecule has 0 atom stereocenters. The summed E-state index contributed by atoms with van der Waals surface area (Å²) in [5.74, 6) is 0.584. The summed E-state index contributed by atoms with van der Waals surface area (Å²) in [5.41, 5.74) is 1.03. The van der Waals surface area contributed by atoms with Crippen LogP contribution in [-0.2, 0) is 16.3 Å². The number of rotatable bonds is 1. The largest absolute Gasteiger partial charge is 0.491 e. The van der Waals surface area contributed by atoms with Gasteiger partial charge in [0.25, 0.3) is 0 Å². The van der Waals surface area contributed by atoms with Gasteiger partial charge in [-0.2, -0.15) is 0 Å². The van der Waals surface area contributed by atoms with Crippen LogP contribution in [0.2, 0.25) is 0 Å². The number of fused-ring (bicyclic) bond motifs is 1. The van der Waals surface area contributed by atoms with Crippen LogP contribution in [0.4, 0.5) is 0 Å². The number of aryl methyl sites for hydroxylation is 1. The van der Waals surface area contributed by atoms with E-state index in [2.05, 4.69) is 0 Å². The molecule has 0 fully saturated rings. The fourth-order valence-corrected chi connectivity index (χ4v) is 2.79. The molecular weight excluding hydrogens is 200 g/mol. The maximum absolute atomic E-state index is 11.7. The highest BCUT2D eigenvalue weighted by Gasteiger charge is 2.24. The Kier molecular flexibility index (Phi) is 2.23. The fraction of sp³-hybridized carbons (Fsp3) is 0.400. The predicted octanol–water partition coefficient (Wildman–Crippen LogP) is 1.42. The Morgan fingerprint density at radius 3 is 2.93 bits per heavy atom. The van der Waals surface area contributed by atoms with E-state index in [1.165, 1.54) is 0 Å². The monoisotopic (exact) mass is 212 g/mol. The van der Waals surface area contributed by atoms with E-state index in [0.717, 1.165) is 12.0 Å². The van der Waals surface area contributed by atoms with E-state index >= 15 is 0 Å². The van der Waals surface area contributed by atoms with Crippen molar-refractivity contribution in [2.75, 3.05) is 12.4 Å². The maximum Gasteiger partial charge on any atom is 0.185 e. The Labute approximate surface area is 83.6 Å². The Morgan fingerprint density at radius 2 is 2.21 bits per heavy atom. The standard InChI is InChI=1S/C10H12O3S/c1-2-8-3-4-9-10(7-8)14(11,12)6-5-13-9/h3-4,7H,2,5-6H2,1H3. The highest BCUT2D eigenvalue weighted by molar-refractivity contribution is 7.91. The Morgan fingerprint density at radius 1 is 1.43 bits per heavy atom. The number of hydrogen-bond donors (Lipinski definition) is 0. The summed E-state index contributed by atoms with van der Waals surface area (Å²) in [6.45, 7) is 2.26. The van der Waals surface area contributed by atoms with Gasteiger partial charge in [0.2, 0.25) is 0 Å². The van der Waals surface area contributed by atoms with Gasteiger partial charge in [0.15, 0.2) is 9.84 Å². The van der Waals surface area contributed by atoms with Crippen LogP contribution in [0.1, 0.15) is 12.5 Å². The van der Waals surface area contributed by atoms with E-state index in [1.54, 1.807) is 12.1 Å². The molecule has 0 saturated carbocycles. The molecule has 1 heterocycles. The Balaban J connectivity index is 2.61. The topological polar surface area (TPSA) is 43.4 Å². The summed E-state index contributed by atoms with van der Waals surface area (Å²) >= 11 is 0. The van der Waals surface area contributed by atoms with Crippen molar-refractivity contribution in [2.24, 2.45) is 0 Å². The second-order valence-corrected chi connectivity index (χ2v) is 5.38. The molecule has 2 rings (SSSR count). The van der Waals surface area contributed by atoms with Crippen molar-refractivity contribution in [3.05, 3.63) is 23.8 Å². The van der Waals surface area contributed by atoms with Gasteiger partial charge in [-0.15, -0.1) is 0 Å². The molecule has 0 amide bonds. The minimum Gasteiger partial charge on any atom is -0.491 e. The molecule has 14 heavy (non-hydrogen) atoms. The molecule has 0 radical (unpaired) electrons. The van der Waals surface area contributed by atoms with Crippen LogP contribution in [0.25, 0.3) is 0 Å². The SMILES string of the molecule is CCc1ccc2c(c1)S(=O)(=O)CCO2. The third-order valence-electron chi connectivity index (χ3n) is 2.36. The smallest absolute Gasteiger partial charge is 0.185 e. The lowest BCUT2D eigenvalue weighted by molar-refractivity contribution is 0.322. The maximum atomic E-state index is 11.7. The highest BCUT2D eigenvalue weighted by atomic mass is 32.2. The highest BCUT2D eigenvalue weighted by Crippen LogP contribution is 2.29. The van der Waals surface area contributed by atoms with Gasteiger partial charge in [0.1, 0.15) is 17.3 Å². The molecule has 0 bridgehead atoms. The molecule has 3 nitrogen and oxygen atoms in total. The predicted molar refractivity (Wildman–Crippen MR) is 53.4 cm³/mol. The first kappa shape index (κ1) is 9.52. The lowest BCUT2D eigenvalue weighted by Crippen LogP contribution is -2.21.